The third kappa shape index (κ3) is 4.39. The van der Waals surface area contributed by atoms with Gasteiger partial charge >= 0.3 is 0 Å². The maximum atomic E-state index is 2.37. The summed E-state index contributed by atoms with van der Waals surface area (Å²) >= 11 is 0. The van der Waals surface area contributed by atoms with E-state index in [2.05, 4.69) is 194 Å². The lowest BCUT2D eigenvalue weighted by Gasteiger charge is -2.21. The van der Waals surface area contributed by atoms with Crippen molar-refractivity contribution in [2.24, 2.45) is 0 Å². The quantitative estimate of drug-likeness (QED) is 0.169. The first-order valence-corrected chi connectivity index (χ1v) is 17.4. The summed E-state index contributed by atoms with van der Waals surface area (Å²) in [5.74, 6) is 0. The Labute approximate surface area is 291 Å². The predicted octanol–water partition coefficient (Wildman–Crippen LogP) is 14.1. The van der Waals surface area contributed by atoms with Gasteiger partial charge < -0.3 is 0 Å². The normalized spacial score (nSPS) is 11.6. The Balaban J connectivity index is 1.28. The van der Waals surface area contributed by atoms with Crippen molar-refractivity contribution in [2.45, 2.75) is 0 Å². The van der Waals surface area contributed by atoms with Crippen molar-refractivity contribution in [1.29, 1.82) is 0 Å². The van der Waals surface area contributed by atoms with Crippen LogP contribution in [0.1, 0.15) is 0 Å². The zero-order valence-electron chi connectivity index (χ0n) is 27.5. The molecule has 0 aromatic heterocycles. The van der Waals surface area contributed by atoms with Gasteiger partial charge in [-0.2, -0.15) is 0 Å². The highest BCUT2D eigenvalue weighted by Crippen LogP contribution is 2.48. The third-order valence-electron chi connectivity index (χ3n) is 10.5. The molecular formula is C50H32. The predicted molar refractivity (Wildman–Crippen MR) is 216 cm³/mol. The second-order valence-electron chi connectivity index (χ2n) is 13.1. The fourth-order valence-electron chi connectivity index (χ4n) is 8.33. The van der Waals surface area contributed by atoms with Gasteiger partial charge in [-0.3, -0.25) is 0 Å². The van der Waals surface area contributed by atoms with E-state index in [-0.39, 0.29) is 0 Å². The molecule has 0 N–H and O–H groups in total. The van der Waals surface area contributed by atoms with Gasteiger partial charge in [0.1, 0.15) is 0 Å². The van der Waals surface area contributed by atoms with Crippen LogP contribution in [0.3, 0.4) is 0 Å². The summed E-state index contributed by atoms with van der Waals surface area (Å²) in [6.07, 6.45) is 0. The lowest BCUT2D eigenvalue weighted by Crippen LogP contribution is -1.93. The van der Waals surface area contributed by atoms with Crippen LogP contribution in [0.4, 0.5) is 0 Å². The van der Waals surface area contributed by atoms with Gasteiger partial charge in [-0.25, -0.2) is 0 Å². The molecule has 0 atom stereocenters. The zero-order chi connectivity index (χ0) is 33.0. The Hall–Kier alpha value is -6.50. The molecule has 0 bridgehead atoms. The van der Waals surface area contributed by atoms with Gasteiger partial charge in [0.05, 0.1) is 0 Å². The van der Waals surface area contributed by atoms with Crippen molar-refractivity contribution in [3.05, 3.63) is 194 Å². The largest absolute Gasteiger partial charge is 0.0622 e. The Morgan fingerprint density at radius 3 is 1.22 bits per heavy atom. The van der Waals surface area contributed by atoms with E-state index in [0.717, 1.165) is 0 Å². The third-order valence-corrected chi connectivity index (χ3v) is 10.5. The van der Waals surface area contributed by atoms with Crippen molar-refractivity contribution in [2.75, 3.05) is 0 Å². The van der Waals surface area contributed by atoms with Crippen LogP contribution in [0.5, 0.6) is 0 Å². The molecule has 50 heavy (non-hydrogen) atoms. The average Bonchev–Trinajstić information content (AvgIpc) is 3.19. The van der Waals surface area contributed by atoms with Crippen molar-refractivity contribution in [1.82, 2.24) is 0 Å². The van der Waals surface area contributed by atoms with Gasteiger partial charge in [-0.15, -0.1) is 0 Å². The summed E-state index contributed by atoms with van der Waals surface area (Å²) in [4.78, 5) is 0. The first kappa shape index (κ1) is 28.5. The standard InChI is InChI=1S/C50H32/c1-2-15-34(16-3-1)37-28-13-19-35-20-14-30-42(48(35)37)40-31-32-47(39-23-7-6-22-38(39)40)50-45-26-10-8-24-43(45)49(44-25-9-11-27-46(44)50)41-29-12-18-33-17-4-5-21-36(33)41/h1-32H. The molecule has 10 aromatic rings. The van der Waals surface area contributed by atoms with Crippen LogP contribution in [0.2, 0.25) is 0 Å². The van der Waals surface area contributed by atoms with Gasteiger partial charge in [-0.05, 0) is 98.4 Å². The van der Waals surface area contributed by atoms with Gasteiger partial charge in [-0.1, -0.05) is 194 Å². The molecule has 10 rings (SSSR count). The highest BCUT2D eigenvalue weighted by atomic mass is 14.2. The SMILES string of the molecule is c1ccc(-c2cccc3cccc(-c4ccc(-c5c6ccccc6c(-c6cccc7ccccc67)c6ccccc56)c5ccccc45)c23)cc1. The first-order valence-electron chi connectivity index (χ1n) is 17.4. The average molecular weight is 633 g/mol. The van der Waals surface area contributed by atoms with E-state index >= 15 is 0 Å². The van der Waals surface area contributed by atoms with Crippen LogP contribution in [-0.2, 0) is 0 Å². The molecule has 0 spiro atoms. The second kappa shape index (κ2) is 11.6. The van der Waals surface area contributed by atoms with Crippen molar-refractivity contribution in [3.8, 4) is 44.5 Å². The van der Waals surface area contributed by atoms with Gasteiger partial charge in [0.2, 0.25) is 0 Å². The molecule has 0 aliphatic carbocycles. The molecule has 0 unspecified atom stereocenters. The van der Waals surface area contributed by atoms with E-state index in [1.807, 2.05) is 0 Å². The smallest absolute Gasteiger partial charge is 0.00201 e. The Kier molecular flexibility index (Phi) is 6.60. The lowest BCUT2D eigenvalue weighted by atomic mass is 9.82. The molecule has 0 nitrogen and oxygen atoms in total. The van der Waals surface area contributed by atoms with E-state index in [0.29, 0.717) is 0 Å². The second-order valence-corrected chi connectivity index (χ2v) is 13.1. The number of benzene rings is 10. The van der Waals surface area contributed by atoms with Gasteiger partial charge in [0.25, 0.3) is 0 Å². The monoisotopic (exact) mass is 632 g/mol. The lowest BCUT2D eigenvalue weighted by molar-refractivity contribution is 1.64. The van der Waals surface area contributed by atoms with Crippen LogP contribution in [0.15, 0.2) is 194 Å². The van der Waals surface area contributed by atoms with Crippen LogP contribution >= 0.6 is 0 Å². The molecule has 0 heteroatoms. The minimum atomic E-state index is 1.23. The van der Waals surface area contributed by atoms with E-state index < -0.39 is 0 Å². The minimum Gasteiger partial charge on any atom is -0.0622 e. The Bertz CT molecular complexity index is 2850. The van der Waals surface area contributed by atoms with Crippen LogP contribution in [0, 0.1) is 0 Å². The molecule has 0 radical (unpaired) electrons. The molecule has 0 saturated carbocycles. The molecule has 232 valence electrons. The summed E-state index contributed by atoms with van der Waals surface area (Å²) in [6.45, 7) is 0. The zero-order valence-corrected chi connectivity index (χ0v) is 27.5. The highest BCUT2D eigenvalue weighted by molar-refractivity contribution is 6.26. The van der Waals surface area contributed by atoms with E-state index in [4.69, 9.17) is 0 Å². The number of hydrogen-bond acceptors (Lipinski definition) is 0. The molecule has 0 amide bonds. The first-order chi connectivity index (χ1) is 24.8. The number of fused-ring (bicyclic) bond motifs is 5. The van der Waals surface area contributed by atoms with E-state index in [1.165, 1.54) is 98.4 Å². The van der Waals surface area contributed by atoms with Gasteiger partial charge in [0, 0.05) is 0 Å². The fourth-order valence-corrected chi connectivity index (χ4v) is 8.33. The van der Waals surface area contributed by atoms with Crippen molar-refractivity contribution < 1.29 is 0 Å². The topological polar surface area (TPSA) is 0 Å². The Morgan fingerprint density at radius 2 is 0.600 bits per heavy atom. The number of rotatable bonds is 4. The van der Waals surface area contributed by atoms with Crippen molar-refractivity contribution >= 4 is 53.9 Å². The van der Waals surface area contributed by atoms with Crippen LogP contribution in [0.25, 0.3) is 98.4 Å². The molecule has 10 aromatic carbocycles. The summed E-state index contributed by atoms with van der Waals surface area (Å²) in [7, 11) is 0. The van der Waals surface area contributed by atoms with E-state index in [1.54, 1.807) is 0 Å². The molecule has 0 aliphatic rings. The molecular weight excluding hydrogens is 601 g/mol. The maximum absolute atomic E-state index is 2.37. The number of hydrogen-bond donors (Lipinski definition) is 0. The summed E-state index contributed by atoms with van der Waals surface area (Å²) in [5, 5.41) is 12.7. The summed E-state index contributed by atoms with van der Waals surface area (Å²) in [6, 6.07) is 71.2. The van der Waals surface area contributed by atoms with Crippen molar-refractivity contribution in [3.63, 3.8) is 0 Å². The summed E-state index contributed by atoms with van der Waals surface area (Å²) < 4.78 is 0. The highest BCUT2D eigenvalue weighted by Gasteiger charge is 2.20. The van der Waals surface area contributed by atoms with Crippen LogP contribution < -0.4 is 0 Å². The molecule has 0 aliphatic heterocycles. The van der Waals surface area contributed by atoms with Crippen LogP contribution in [-0.4, -0.2) is 0 Å². The fraction of sp³-hybridized carbons (Fsp3) is 0. The minimum absolute atomic E-state index is 1.23. The molecule has 0 saturated heterocycles. The maximum Gasteiger partial charge on any atom is -0.00201 e. The van der Waals surface area contributed by atoms with Gasteiger partial charge in [0.15, 0.2) is 0 Å². The van der Waals surface area contributed by atoms with E-state index in [9.17, 15) is 0 Å². The Morgan fingerprint density at radius 1 is 0.200 bits per heavy atom. The molecule has 0 fully saturated rings. The molecule has 0 heterocycles. The summed E-state index contributed by atoms with van der Waals surface area (Å²) in [5.41, 5.74) is 10.1.